The molecule has 3 rings (SSSR count). The zero-order valence-corrected chi connectivity index (χ0v) is 13.3. The predicted octanol–water partition coefficient (Wildman–Crippen LogP) is 3.83. The standard InChI is InChI=1S/C16H21BrN2O/c17-12-3-4-14(18)13(11-12)15(20)19-9-7-16(8-10-19)5-1-2-6-16/h3-4,11H,1-2,5-10,18H2. The molecule has 1 aromatic carbocycles. The van der Waals surface area contributed by atoms with E-state index in [4.69, 9.17) is 5.73 Å². The lowest BCUT2D eigenvalue weighted by Gasteiger charge is -2.39. The smallest absolute Gasteiger partial charge is 0.255 e. The van der Waals surface area contributed by atoms with E-state index < -0.39 is 0 Å². The molecule has 3 nitrogen and oxygen atoms in total. The van der Waals surface area contributed by atoms with Gasteiger partial charge in [0.2, 0.25) is 0 Å². The first kappa shape index (κ1) is 13.9. The number of nitrogens with zero attached hydrogens (tertiary/aromatic N) is 1. The number of hydrogen-bond acceptors (Lipinski definition) is 2. The summed E-state index contributed by atoms with van der Waals surface area (Å²) in [6.07, 6.45) is 7.76. The number of benzene rings is 1. The van der Waals surface area contributed by atoms with Gasteiger partial charge in [-0.3, -0.25) is 4.79 Å². The molecule has 1 aromatic rings. The molecular weight excluding hydrogens is 316 g/mol. The number of carbonyl (C=O) groups excluding carboxylic acids is 1. The van der Waals surface area contributed by atoms with Gasteiger partial charge in [-0.2, -0.15) is 0 Å². The van der Waals surface area contributed by atoms with Gasteiger partial charge in [0.1, 0.15) is 0 Å². The fourth-order valence-corrected chi connectivity index (χ4v) is 4.05. The van der Waals surface area contributed by atoms with Crippen LogP contribution >= 0.6 is 15.9 Å². The summed E-state index contributed by atoms with van der Waals surface area (Å²) in [6, 6.07) is 5.49. The maximum atomic E-state index is 12.6. The number of piperidine rings is 1. The third-order valence-electron chi connectivity index (χ3n) is 5.02. The summed E-state index contributed by atoms with van der Waals surface area (Å²) in [4.78, 5) is 14.6. The van der Waals surface area contributed by atoms with Crippen LogP contribution in [0.15, 0.2) is 22.7 Å². The minimum Gasteiger partial charge on any atom is -0.398 e. The van der Waals surface area contributed by atoms with E-state index in [1.807, 2.05) is 17.0 Å². The Morgan fingerprint density at radius 2 is 1.80 bits per heavy atom. The summed E-state index contributed by atoms with van der Waals surface area (Å²) in [5, 5.41) is 0. The number of halogens is 1. The molecule has 1 heterocycles. The molecule has 1 saturated carbocycles. The zero-order chi connectivity index (χ0) is 14.2. The van der Waals surface area contributed by atoms with Crippen LogP contribution in [0.2, 0.25) is 0 Å². The average molecular weight is 337 g/mol. The summed E-state index contributed by atoms with van der Waals surface area (Å²) in [5.74, 6) is 0.0802. The van der Waals surface area contributed by atoms with E-state index in [-0.39, 0.29) is 5.91 Å². The highest BCUT2D eigenvalue weighted by Crippen LogP contribution is 2.46. The largest absolute Gasteiger partial charge is 0.398 e. The molecule has 2 N–H and O–H groups in total. The zero-order valence-electron chi connectivity index (χ0n) is 11.7. The van der Waals surface area contributed by atoms with E-state index in [9.17, 15) is 4.79 Å². The number of amides is 1. The van der Waals surface area contributed by atoms with Crippen molar-refractivity contribution >= 4 is 27.5 Å². The normalized spacial score (nSPS) is 21.4. The molecule has 4 heteroatoms. The average Bonchev–Trinajstić information content (AvgIpc) is 2.90. The Morgan fingerprint density at radius 1 is 1.15 bits per heavy atom. The number of nitrogens with two attached hydrogens (primary N) is 1. The van der Waals surface area contributed by atoms with Gasteiger partial charge in [0.15, 0.2) is 0 Å². The van der Waals surface area contributed by atoms with E-state index in [1.165, 1.54) is 25.7 Å². The van der Waals surface area contributed by atoms with Gasteiger partial charge in [-0.05, 0) is 49.3 Å². The van der Waals surface area contributed by atoms with E-state index >= 15 is 0 Å². The highest BCUT2D eigenvalue weighted by Gasteiger charge is 2.38. The van der Waals surface area contributed by atoms with Gasteiger partial charge in [-0.25, -0.2) is 0 Å². The summed E-state index contributed by atoms with van der Waals surface area (Å²) in [6.45, 7) is 1.76. The van der Waals surface area contributed by atoms with Crippen LogP contribution in [0, 0.1) is 5.41 Å². The molecule has 0 aromatic heterocycles. The predicted molar refractivity (Wildman–Crippen MR) is 84.6 cm³/mol. The third-order valence-corrected chi connectivity index (χ3v) is 5.51. The van der Waals surface area contributed by atoms with Crippen molar-refractivity contribution in [3.63, 3.8) is 0 Å². The highest BCUT2D eigenvalue weighted by atomic mass is 79.9. The van der Waals surface area contributed by atoms with Crippen LogP contribution < -0.4 is 5.73 Å². The van der Waals surface area contributed by atoms with Gasteiger partial charge in [0.05, 0.1) is 5.56 Å². The number of carbonyl (C=O) groups is 1. The highest BCUT2D eigenvalue weighted by molar-refractivity contribution is 9.10. The molecule has 0 unspecified atom stereocenters. The van der Waals surface area contributed by atoms with Crippen molar-refractivity contribution in [1.82, 2.24) is 4.90 Å². The number of anilines is 1. The first-order valence-corrected chi connectivity index (χ1v) is 8.23. The van der Waals surface area contributed by atoms with Crippen LogP contribution in [0.1, 0.15) is 48.9 Å². The Bertz CT molecular complexity index is 513. The first-order valence-electron chi connectivity index (χ1n) is 7.44. The Balaban J connectivity index is 1.71. The van der Waals surface area contributed by atoms with Gasteiger partial charge < -0.3 is 10.6 Å². The second-order valence-corrected chi connectivity index (χ2v) is 7.15. The van der Waals surface area contributed by atoms with Crippen LogP contribution in [0.3, 0.4) is 0 Å². The fourth-order valence-electron chi connectivity index (χ4n) is 3.69. The van der Waals surface area contributed by atoms with Crippen molar-refractivity contribution in [2.45, 2.75) is 38.5 Å². The van der Waals surface area contributed by atoms with Crippen molar-refractivity contribution in [2.24, 2.45) is 5.41 Å². The molecule has 1 saturated heterocycles. The van der Waals surface area contributed by atoms with E-state index in [0.717, 1.165) is 30.4 Å². The monoisotopic (exact) mass is 336 g/mol. The quantitative estimate of drug-likeness (QED) is 0.792. The lowest BCUT2D eigenvalue weighted by molar-refractivity contribution is 0.0588. The molecule has 2 aliphatic rings. The Morgan fingerprint density at radius 3 is 2.45 bits per heavy atom. The molecule has 108 valence electrons. The lowest BCUT2D eigenvalue weighted by Crippen LogP contribution is -2.42. The van der Waals surface area contributed by atoms with Gasteiger partial charge in [-0.1, -0.05) is 28.8 Å². The molecule has 20 heavy (non-hydrogen) atoms. The molecule has 2 fully saturated rings. The second-order valence-electron chi connectivity index (χ2n) is 6.23. The van der Waals surface area contributed by atoms with Crippen molar-refractivity contribution in [1.29, 1.82) is 0 Å². The van der Waals surface area contributed by atoms with Crippen LogP contribution in [0.25, 0.3) is 0 Å². The molecule has 1 amide bonds. The Labute approximate surface area is 128 Å². The number of hydrogen-bond donors (Lipinski definition) is 1. The Kier molecular flexibility index (Phi) is 3.76. The Hall–Kier alpha value is -1.03. The molecule has 1 aliphatic heterocycles. The molecular formula is C16H21BrN2O. The van der Waals surface area contributed by atoms with E-state index in [1.54, 1.807) is 6.07 Å². The van der Waals surface area contributed by atoms with Crippen molar-refractivity contribution in [2.75, 3.05) is 18.8 Å². The van der Waals surface area contributed by atoms with Crippen molar-refractivity contribution < 1.29 is 4.79 Å². The molecule has 0 bridgehead atoms. The fraction of sp³-hybridized carbons (Fsp3) is 0.562. The van der Waals surface area contributed by atoms with E-state index in [0.29, 0.717) is 16.7 Å². The minimum atomic E-state index is 0.0802. The first-order chi connectivity index (χ1) is 9.60. The number of nitrogen functional groups attached to an aromatic ring is 1. The van der Waals surface area contributed by atoms with E-state index in [2.05, 4.69) is 15.9 Å². The number of rotatable bonds is 1. The van der Waals surface area contributed by atoms with Gasteiger partial charge in [0, 0.05) is 23.2 Å². The summed E-state index contributed by atoms with van der Waals surface area (Å²) >= 11 is 3.41. The maximum Gasteiger partial charge on any atom is 0.255 e. The van der Waals surface area contributed by atoms with Gasteiger partial charge in [-0.15, -0.1) is 0 Å². The third kappa shape index (κ3) is 2.58. The van der Waals surface area contributed by atoms with Crippen molar-refractivity contribution in [3.05, 3.63) is 28.2 Å². The van der Waals surface area contributed by atoms with Crippen LogP contribution in [0.4, 0.5) is 5.69 Å². The molecule has 1 aliphatic carbocycles. The maximum absolute atomic E-state index is 12.6. The SMILES string of the molecule is Nc1ccc(Br)cc1C(=O)N1CCC2(CCCC2)CC1. The molecule has 0 radical (unpaired) electrons. The minimum absolute atomic E-state index is 0.0802. The number of likely N-dealkylation sites (tertiary alicyclic amines) is 1. The van der Waals surface area contributed by atoms with Crippen LogP contribution in [0.5, 0.6) is 0 Å². The molecule has 1 spiro atoms. The topological polar surface area (TPSA) is 46.3 Å². The molecule has 0 atom stereocenters. The lowest BCUT2D eigenvalue weighted by atomic mass is 9.77. The summed E-state index contributed by atoms with van der Waals surface area (Å²) in [7, 11) is 0. The summed E-state index contributed by atoms with van der Waals surface area (Å²) in [5.41, 5.74) is 7.68. The second kappa shape index (κ2) is 5.40. The summed E-state index contributed by atoms with van der Waals surface area (Å²) < 4.78 is 0.902. The van der Waals surface area contributed by atoms with Gasteiger partial charge in [0.25, 0.3) is 5.91 Å². The van der Waals surface area contributed by atoms with Crippen LogP contribution in [-0.4, -0.2) is 23.9 Å². The van der Waals surface area contributed by atoms with Crippen LogP contribution in [-0.2, 0) is 0 Å². The van der Waals surface area contributed by atoms with Crippen molar-refractivity contribution in [3.8, 4) is 0 Å². The van der Waals surface area contributed by atoms with Gasteiger partial charge >= 0.3 is 0 Å².